The number of primary amides is 1. The van der Waals surface area contributed by atoms with Crippen LogP contribution in [0.25, 0.3) is 6.08 Å². The van der Waals surface area contributed by atoms with Gasteiger partial charge in [-0.1, -0.05) is 42.0 Å². The number of nitrogens with two attached hydrogens (primary N) is 1. The molecule has 164 valence electrons. The number of ether oxygens (including phenoxy) is 1. The third-order valence-electron chi connectivity index (χ3n) is 5.83. The summed E-state index contributed by atoms with van der Waals surface area (Å²) >= 11 is 0. The van der Waals surface area contributed by atoms with E-state index in [4.69, 9.17) is 10.5 Å². The second-order valence-corrected chi connectivity index (χ2v) is 9.57. The fourth-order valence-electron chi connectivity index (χ4n) is 4.34. The molecule has 0 spiro atoms. The molecule has 1 aromatic rings. The smallest absolute Gasteiger partial charge is 0.410 e. The maximum Gasteiger partial charge on any atom is 0.410 e. The van der Waals surface area contributed by atoms with Crippen LogP contribution in [0.1, 0.15) is 52.5 Å². The van der Waals surface area contributed by atoms with Crippen LogP contribution in [0.4, 0.5) is 4.79 Å². The third kappa shape index (κ3) is 6.08. The minimum atomic E-state index is -0.526. The van der Waals surface area contributed by atoms with Crippen LogP contribution in [0.5, 0.6) is 0 Å². The Hall–Kier alpha value is -2.34. The average molecular weight is 414 g/mol. The Balaban J connectivity index is 1.71. The first-order valence-electron chi connectivity index (χ1n) is 10.9. The summed E-state index contributed by atoms with van der Waals surface area (Å²) in [6, 6.07) is 10.6. The number of benzene rings is 1. The van der Waals surface area contributed by atoms with Gasteiger partial charge in [0.15, 0.2) is 0 Å². The summed E-state index contributed by atoms with van der Waals surface area (Å²) in [5, 5.41) is 0. The molecule has 1 saturated heterocycles. The third-order valence-corrected chi connectivity index (χ3v) is 5.83. The minimum Gasteiger partial charge on any atom is -0.444 e. The summed E-state index contributed by atoms with van der Waals surface area (Å²) < 4.78 is 5.77. The monoisotopic (exact) mass is 413 g/mol. The summed E-state index contributed by atoms with van der Waals surface area (Å²) in [5.74, 6) is 0.0581. The summed E-state index contributed by atoms with van der Waals surface area (Å²) in [6.45, 7) is 9.69. The Bertz CT molecular complexity index is 777. The highest BCUT2D eigenvalue weighted by molar-refractivity contribution is 5.76. The molecule has 1 aromatic carbocycles. The van der Waals surface area contributed by atoms with E-state index in [0.29, 0.717) is 5.92 Å². The van der Waals surface area contributed by atoms with Crippen LogP contribution in [0, 0.1) is 5.92 Å². The molecule has 6 nitrogen and oxygen atoms in total. The van der Waals surface area contributed by atoms with Crippen molar-refractivity contribution in [3.8, 4) is 0 Å². The number of amides is 2. The van der Waals surface area contributed by atoms with Gasteiger partial charge in [-0.2, -0.15) is 0 Å². The molecule has 2 N–H and O–H groups in total. The molecule has 1 aliphatic heterocycles. The number of carbonyl (C=O) groups is 2. The van der Waals surface area contributed by atoms with E-state index in [1.54, 1.807) is 0 Å². The van der Waals surface area contributed by atoms with Gasteiger partial charge in [0.2, 0.25) is 5.91 Å². The van der Waals surface area contributed by atoms with Gasteiger partial charge in [-0.15, -0.1) is 0 Å². The van der Waals surface area contributed by atoms with Crippen molar-refractivity contribution in [2.75, 3.05) is 19.6 Å². The lowest BCUT2D eigenvalue weighted by Gasteiger charge is -2.39. The molecule has 0 aromatic heterocycles. The van der Waals surface area contributed by atoms with E-state index >= 15 is 0 Å². The van der Waals surface area contributed by atoms with Gasteiger partial charge in [0.1, 0.15) is 5.60 Å². The molecule has 1 aliphatic carbocycles. The normalized spacial score (nSPS) is 23.1. The van der Waals surface area contributed by atoms with Crippen molar-refractivity contribution < 1.29 is 14.3 Å². The zero-order valence-electron chi connectivity index (χ0n) is 18.6. The summed E-state index contributed by atoms with van der Waals surface area (Å²) in [4.78, 5) is 28.4. The van der Waals surface area contributed by atoms with Crippen molar-refractivity contribution in [1.82, 2.24) is 9.80 Å². The van der Waals surface area contributed by atoms with Crippen LogP contribution < -0.4 is 5.73 Å². The Morgan fingerprint density at radius 2 is 1.83 bits per heavy atom. The Labute approximate surface area is 180 Å². The van der Waals surface area contributed by atoms with E-state index in [1.165, 1.54) is 11.1 Å². The first kappa shape index (κ1) is 22.3. The average Bonchev–Trinajstić information content (AvgIpc) is 3.43. The van der Waals surface area contributed by atoms with E-state index in [1.807, 2.05) is 43.9 Å². The standard InChI is InChI=1S/C24H35N3O3/c1-17(14-18-8-6-5-7-9-18)20-15-21(20)27(23(29)30-24(2,3)4)19-10-12-26(13-11-19)16-22(25)28/h5-9,14,19-21H,10-13,15-16H2,1-4H3,(H2,25,28)/b17-14+/t20-,21+/m0/s1. The number of hydrogen-bond acceptors (Lipinski definition) is 4. The second-order valence-electron chi connectivity index (χ2n) is 9.57. The molecule has 0 bridgehead atoms. The molecule has 1 heterocycles. The van der Waals surface area contributed by atoms with Crippen LogP contribution >= 0.6 is 0 Å². The maximum absolute atomic E-state index is 13.1. The Morgan fingerprint density at radius 1 is 1.20 bits per heavy atom. The SMILES string of the molecule is C/C(=C\c1ccccc1)[C@@H]1C[C@H]1N(C(=O)OC(C)(C)C)C1CCN(CC(N)=O)CC1. The van der Waals surface area contributed by atoms with Gasteiger partial charge >= 0.3 is 6.09 Å². The highest BCUT2D eigenvalue weighted by Gasteiger charge is 2.48. The predicted octanol–water partition coefficient (Wildman–Crippen LogP) is 3.67. The molecule has 2 fully saturated rings. The lowest BCUT2D eigenvalue weighted by atomic mass is 10.0. The maximum atomic E-state index is 13.1. The van der Waals surface area contributed by atoms with Gasteiger partial charge in [0.05, 0.1) is 6.54 Å². The number of nitrogens with zero attached hydrogens (tertiary/aromatic N) is 2. The van der Waals surface area contributed by atoms with Gasteiger partial charge in [-0.25, -0.2) is 4.79 Å². The van der Waals surface area contributed by atoms with Gasteiger partial charge < -0.3 is 15.4 Å². The molecule has 2 aliphatic rings. The zero-order chi connectivity index (χ0) is 21.9. The van der Waals surface area contributed by atoms with Crippen LogP contribution in [0.3, 0.4) is 0 Å². The molecule has 3 rings (SSSR count). The molecule has 30 heavy (non-hydrogen) atoms. The molecular weight excluding hydrogens is 378 g/mol. The van der Waals surface area contributed by atoms with E-state index in [-0.39, 0.29) is 30.6 Å². The molecule has 0 radical (unpaired) electrons. The quantitative estimate of drug-likeness (QED) is 0.772. The lowest BCUT2D eigenvalue weighted by molar-refractivity contribution is -0.119. The summed E-state index contributed by atoms with van der Waals surface area (Å²) in [7, 11) is 0. The minimum absolute atomic E-state index is 0.128. The van der Waals surface area contributed by atoms with Crippen molar-refractivity contribution >= 4 is 18.1 Å². The van der Waals surface area contributed by atoms with E-state index in [9.17, 15) is 9.59 Å². The van der Waals surface area contributed by atoms with E-state index in [0.717, 1.165) is 32.4 Å². The largest absolute Gasteiger partial charge is 0.444 e. The van der Waals surface area contributed by atoms with Crippen molar-refractivity contribution in [2.24, 2.45) is 11.7 Å². The molecule has 0 unspecified atom stereocenters. The number of rotatable bonds is 6. The first-order chi connectivity index (χ1) is 14.1. The molecule has 1 saturated carbocycles. The van der Waals surface area contributed by atoms with Crippen LogP contribution in [0.2, 0.25) is 0 Å². The number of piperidine rings is 1. The number of likely N-dealkylation sites (tertiary alicyclic amines) is 1. The van der Waals surface area contributed by atoms with Crippen LogP contribution in [-0.4, -0.2) is 59.1 Å². The van der Waals surface area contributed by atoms with Crippen LogP contribution in [-0.2, 0) is 9.53 Å². The van der Waals surface area contributed by atoms with Crippen molar-refractivity contribution in [3.05, 3.63) is 41.5 Å². The topological polar surface area (TPSA) is 75.9 Å². The molecule has 2 amide bonds. The molecule has 6 heteroatoms. The highest BCUT2D eigenvalue weighted by atomic mass is 16.6. The van der Waals surface area contributed by atoms with E-state index < -0.39 is 5.60 Å². The van der Waals surface area contributed by atoms with Crippen molar-refractivity contribution in [3.63, 3.8) is 0 Å². The number of hydrogen-bond donors (Lipinski definition) is 1. The fraction of sp³-hybridized carbons (Fsp3) is 0.583. The second kappa shape index (κ2) is 9.21. The Morgan fingerprint density at radius 3 is 2.40 bits per heavy atom. The Kier molecular flexibility index (Phi) is 6.86. The fourth-order valence-corrected chi connectivity index (χ4v) is 4.34. The van der Waals surface area contributed by atoms with E-state index in [2.05, 4.69) is 30.0 Å². The molecular formula is C24H35N3O3. The molecule has 2 atom stereocenters. The number of carbonyl (C=O) groups excluding carboxylic acids is 2. The van der Waals surface area contributed by atoms with Crippen molar-refractivity contribution in [2.45, 2.75) is 64.6 Å². The van der Waals surface area contributed by atoms with Crippen molar-refractivity contribution in [1.29, 1.82) is 0 Å². The zero-order valence-corrected chi connectivity index (χ0v) is 18.6. The lowest BCUT2D eigenvalue weighted by Crippen LogP contribution is -2.51. The van der Waals surface area contributed by atoms with Crippen LogP contribution in [0.15, 0.2) is 35.9 Å². The predicted molar refractivity (Wildman–Crippen MR) is 119 cm³/mol. The van der Waals surface area contributed by atoms with Gasteiger partial charge in [0.25, 0.3) is 0 Å². The van der Waals surface area contributed by atoms with Gasteiger partial charge in [-0.05, 0) is 52.5 Å². The highest BCUT2D eigenvalue weighted by Crippen LogP contribution is 2.44. The first-order valence-corrected chi connectivity index (χ1v) is 10.9. The summed E-state index contributed by atoms with van der Waals surface area (Å²) in [5.41, 5.74) is 7.29. The van der Waals surface area contributed by atoms with Gasteiger partial charge in [0, 0.05) is 31.1 Å². The summed E-state index contributed by atoms with van der Waals surface area (Å²) in [6.07, 6.45) is 4.62. The van der Waals surface area contributed by atoms with Gasteiger partial charge in [-0.3, -0.25) is 9.69 Å².